The van der Waals surface area contributed by atoms with Crippen LogP contribution in [0.15, 0.2) is 48.5 Å². The number of aryl methyl sites for hydroxylation is 2. The number of nitrogens with zero attached hydrogens (tertiary/aromatic N) is 1. The van der Waals surface area contributed by atoms with Gasteiger partial charge in [-0.15, -0.1) is 0 Å². The van der Waals surface area contributed by atoms with Crippen LogP contribution in [0.3, 0.4) is 0 Å². The SMILES string of the molecule is Cc1ccc(NC(=O)C2CC(O)CN2C(=O)Oc2ccccc2)cc1C. The second-order valence-corrected chi connectivity index (χ2v) is 6.53. The molecule has 0 aliphatic carbocycles. The molecule has 1 aliphatic rings. The summed E-state index contributed by atoms with van der Waals surface area (Å²) in [6.07, 6.45) is -1.22. The molecule has 2 aromatic rings. The molecule has 1 saturated heterocycles. The molecule has 6 heteroatoms. The molecule has 6 nitrogen and oxygen atoms in total. The van der Waals surface area contributed by atoms with Gasteiger partial charge < -0.3 is 15.2 Å². The number of likely N-dealkylation sites (tertiary alicyclic amines) is 1. The Morgan fingerprint density at radius 3 is 2.54 bits per heavy atom. The first-order valence-electron chi connectivity index (χ1n) is 8.53. The Balaban J connectivity index is 1.71. The predicted molar refractivity (Wildman–Crippen MR) is 98.1 cm³/mol. The number of aliphatic hydroxyl groups excluding tert-OH is 1. The number of amides is 2. The van der Waals surface area contributed by atoms with Crippen LogP contribution in [0.25, 0.3) is 0 Å². The van der Waals surface area contributed by atoms with Gasteiger partial charge in [-0.3, -0.25) is 9.69 Å². The monoisotopic (exact) mass is 354 g/mol. The number of benzene rings is 2. The van der Waals surface area contributed by atoms with E-state index in [4.69, 9.17) is 4.74 Å². The third-order valence-electron chi connectivity index (χ3n) is 4.54. The van der Waals surface area contributed by atoms with Gasteiger partial charge in [-0.2, -0.15) is 0 Å². The lowest BCUT2D eigenvalue weighted by atomic mass is 10.1. The van der Waals surface area contributed by atoms with Gasteiger partial charge in [-0.25, -0.2) is 4.79 Å². The Hall–Kier alpha value is -2.86. The van der Waals surface area contributed by atoms with Crippen LogP contribution in [-0.2, 0) is 4.79 Å². The molecule has 2 aromatic carbocycles. The lowest BCUT2D eigenvalue weighted by Gasteiger charge is -2.23. The number of nitrogens with one attached hydrogen (secondary N) is 1. The third kappa shape index (κ3) is 4.03. The summed E-state index contributed by atoms with van der Waals surface area (Å²) in [6.45, 7) is 4.03. The first kappa shape index (κ1) is 17.9. The Bertz CT molecular complexity index is 807. The van der Waals surface area contributed by atoms with E-state index in [0.717, 1.165) is 11.1 Å². The van der Waals surface area contributed by atoms with Gasteiger partial charge in [0.1, 0.15) is 11.8 Å². The molecule has 2 unspecified atom stereocenters. The van der Waals surface area contributed by atoms with Crippen LogP contribution in [0.1, 0.15) is 17.5 Å². The van der Waals surface area contributed by atoms with Gasteiger partial charge >= 0.3 is 6.09 Å². The maximum absolute atomic E-state index is 12.7. The number of hydrogen-bond acceptors (Lipinski definition) is 4. The predicted octanol–water partition coefficient (Wildman–Crippen LogP) is 2.88. The fourth-order valence-corrected chi connectivity index (χ4v) is 2.96. The first-order valence-corrected chi connectivity index (χ1v) is 8.53. The van der Waals surface area contributed by atoms with Gasteiger partial charge in [0.05, 0.1) is 12.6 Å². The van der Waals surface area contributed by atoms with Gasteiger partial charge in [0.15, 0.2) is 0 Å². The molecule has 0 bridgehead atoms. The molecular weight excluding hydrogens is 332 g/mol. The van der Waals surface area contributed by atoms with Crippen molar-refractivity contribution in [3.05, 3.63) is 59.7 Å². The van der Waals surface area contributed by atoms with Gasteiger partial charge in [0.25, 0.3) is 0 Å². The number of rotatable bonds is 3. The molecular formula is C20H22N2O4. The van der Waals surface area contributed by atoms with Crippen LogP contribution >= 0.6 is 0 Å². The molecule has 3 rings (SSSR count). The Morgan fingerprint density at radius 2 is 1.85 bits per heavy atom. The van der Waals surface area contributed by atoms with Crippen molar-refractivity contribution in [3.8, 4) is 5.75 Å². The molecule has 0 spiro atoms. The highest BCUT2D eigenvalue weighted by Crippen LogP contribution is 2.23. The molecule has 0 aromatic heterocycles. The number of para-hydroxylation sites is 1. The van der Waals surface area contributed by atoms with Crippen molar-refractivity contribution in [2.24, 2.45) is 0 Å². The van der Waals surface area contributed by atoms with E-state index in [2.05, 4.69) is 5.32 Å². The summed E-state index contributed by atoms with van der Waals surface area (Å²) in [7, 11) is 0. The first-order chi connectivity index (χ1) is 12.4. The summed E-state index contributed by atoms with van der Waals surface area (Å²) in [6, 6.07) is 13.5. The number of carbonyl (C=O) groups excluding carboxylic acids is 2. The molecule has 1 aliphatic heterocycles. The van der Waals surface area contributed by atoms with E-state index < -0.39 is 18.2 Å². The normalized spacial score (nSPS) is 19.3. The van der Waals surface area contributed by atoms with E-state index in [1.165, 1.54) is 4.90 Å². The maximum Gasteiger partial charge on any atom is 0.416 e. The minimum atomic E-state index is -0.775. The van der Waals surface area contributed by atoms with Crippen LogP contribution in [0.5, 0.6) is 5.75 Å². The highest BCUT2D eigenvalue weighted by Gasteiger charge is 2.40. The highest BCUT2D eigenvalue weighted by molar-refractivity contribution is 5.97. The van der Waals surface area contributed by atoms with Gasteiger partial charge in [-0.05, 0) is 49.2 Å². The smallest absolute Gasteiger partial charge is 0.410 e. The van der Waals surface area contributed by atoms with Gasteiger partial charge in [0, 0.05) is 12.1 Å². The minimum absolute atomic E-state index is 0.0661. The summed E-state index contributed by atoms with van der Waals surface area (Å²) in [5.41, 5.74) is 2.86. The summed E-state index contributed by atoms with van der Waals surface area (Å²) < 4.78 is 5.31. The average molecular weight is 354 g/mol. The van der Waals surface area contributed by atoms with Gasteiger partial charge in [-0.1, -0.05) is 24.3 Å². The molecule has 0 saturated carbocycles. The molecule has 1 heterocycles. The van der Waals surface area contributed by atoms with Gasteiger partial charge in [0.2, 0.25) is 5.91 Å². The minimum Gasteiger partial charge on any atom is -0.410 e. The molecule has 2 N–H and O–H groups in total. The van der Waals surface area contributed by atoms with Crippen molar-refractivity contribution >= 4 is 17.7 Å². The van der Waals surface area contributed by atoms with E-state index >= 15 is 0 Å². The molecule has 2 atom stereocenters. The summed E-state index contributed by atoms with van der Waals surface area (Å²) in [5, 5.41) is 12.8. The number of ether oxygens (including phenoxy) is 1. The van der Waals surface area contributed by atoms with Crippen LogP contribution in [0, 0.1) is 13.8 Å². The second kappa shape index (κ2) is 7.58. The Morgan fingerprint density at radius 1 is 1.12 bits per heavy atom. The lowest BCUT2D eigenvalue weighted by molar-refractivity contribution is -0.119. The molecule has 2 amide bonds. The Kier molecular flexibility index (Phi) is 5.23. The maximum atomic E-state index is 12.7. The zero-order chi connectivity index (χ0) is 18.7. The lowest BCUT2D eigenvalue weighted by Crippen LogP contribution is -2.44. The summed E-state index contributed by atoms with van der Waals surface area (Å²) >= 11 is 0. The van der Waals surface area contributed by atoms with E-state index in [0.29, 0.717) is 11.4 Å². The average Bonchev–Trinajstić information content (AvgIpc) is 3.01. The fraction of sp³-hybridized carbons (Fsp3) is 0.300. The topological polar surface area (TPSA) is 78.9 Å². The largest absolute Gasteiger partial charge is 0.416 e. The van der Waals surface area contributed by atoms with Crippen LogP contribution < -0.4 is 10.1 Å². The van der Waals surface area contributed by atoms with Crippen molar-refractivity contribution in [3.63, 3.8) is 0 Å². The standard InChI is InChI=1S/C20H22N2O4/c1-13-8-9-15(10-14(13)2)21-19(24)18-11-16(23)12-22(18)20(25)26-17-6-4-3-5-7-17/h3-10,16,18,23H,11-12H2,1-2H3,(H,21,24). The molecule has 26 heavy (non-hydrogen) atoms. The van der Waals surface area contributed by atoms with Crippen molar-refractivity contribution in [1.82, 2.24) is 4.90 Å². The second-order valence-electron chi connectivity index (χ2n) is 6.53. The fourth-order valence-electron chi connectivity index (χ4n) is 2.96. The number of β-amino-alcohol motifs (C(OH)–C–C–N with tert-alkyl or cyclic N) is 1. The number of hydrogen-bond donors (Lipinski definition) is 2. The zero-order valence-electron chi connectivity index (χ0n) is 14.8. The van der Waals surface area contributed by atoms with E-state index in [1.54, 1.807) is 24.3 Å². The van der Waals surface area contributed by atoms with E-state index in [-0.39, 0.29) is 18.9 Å². The van der Waals surface area contributed by atoms with Crippen LogP contribution in [-0.4, -0.2) is 40.7 Å². The van der Waals surface area contributed by atoms with Crippen molar-refractivity contribution in [2.75, 3.05) is 11.9 Å². The number of carbonyl (C=O) groups is 2. The van der Waals surface area contributed by atoms with Crippen LogP contribution in [0.2, 0.25) is 0 Å². The summed E-state index contributed by atoms with van der Waals surface area (Å²) in [5.74, 6) is 0.0574. The van der Waals surface area contributed by atoms with E-state index in [1.807, 2.05) is 38.1 Å². The van der Waals surface area contributed by atoms with Crippen molar-refractivity contribution in [1.29, 1.82) is 0 Å². The quantitative estimate of drug-likeness (QED) is 0.888. The van der Waals surface area contributed by atoms with Crippen LogP contribution in [0.4, 0.5) is 10.5 Å². The van der Waals surface area contributed by atoms with E-state index in [9.17, 15) is 14.7 Å². The summed E-state index contributed by atoms with van der Waals surface area (Å²) in [4.78, 5) is 26.4. The van der Waals surface area contributed by atoms with Crippen molar-refractivity contribution < 1.29 is 19.4 Å². The Labute approximate surface area is 152 Å². The highest BCUT2D eigenvalue weighted by atomic mass is 16.6. The zero-order valence-corrected chi connectivity index (χ0v) is 14.8. The number of aliphatic hydroxyl groups is 1. The molecule has 0 radical (unpaired) electrons. The van der Waals surface area contributed by atoms with Crippen molar-refractivity contribution in [2.45, 2.75) is 32.4 Å². The third-order valence-corrected chi connectivity index (χ3v) is 4.54. The molecule has 136 valence electrons. The number of anilines is 1. The molecule has 1 fully saturated rings.